The Labute approximate surface area is 174 Å². The zero-order valence-electron chi connectivity index (χ0n) is 16.2. The molecule has 6 heteroatoms. The predicted octanol–water partition coefficient (Wildman–Crippen LogP) is 4.00. The number of pyridine rings is 1. The molecule has 1 fully saturated rings. The first-order chi connectivity index (χ1) is 14.2. The van der Waals surface area contributed by atoms with E-state index in [0.717, 1.165) is 47.5 Å². The van der Waals surface area contributed by atoms with E-state index >= 15 is 0 Å². The lowest BCUT2D eigenvalue weighted by molar-refractivity contribution is 0.0792. The number of carbonyl (C=O) groups is 1. The summed E-state index contributed by atoms with van der Waals surface area (Å²) < 4.78 is 5.74. The Morgan fingerprint density at radius 3 is 2.66 bits per heavy atom. The molecule has 3 aromatic rings. The standard InChI is InChI=1S/C23H24N2O3S/c26-20(15-28-21-9-7-17-5-1-2-6-18(17)13-21)16-29-22-10-8-19(14-24-22)23(27)25-11-3-4-12-25/h1-2,5-10,13-14,20,26H,3-4,11-12,15-16H2. The van der Waals surface area contributed by atoms with Gasteiger partial charge in [-0.15, -0.1) is 11.8 Å². The van der Waals surface area contributed by atoms with Gasteiger partial charge in [-0.25, -0.2) is 4.98 Å². The summed E-state index contributed by atoms with van der Waals surface area (Å²) in [6.07, 6.45) is 3.17. The average Bonchev–Trinajstić information content (AvgIpc) is 3.31. The van der Waals surface area contributed by atoms with Crippen molar-refractivity contribution in [1.29, 1.82) is 0 Å². The monoisotopic (exact) mass is 408 g/mol. The summed E-state index contributed by atoms with van der Waals surface area (Å²) >= 11 is 1.45. The Kier molecular flexibility index (Phi) is 6.32. The number of aliphatic hydroxyl groups excluding tert-OH is 1. The molecule has 29 heavy (non-hydrogen) atoms. The van der Waals surface area contributed by atoms with Gasteiger partial charge < -0.3 is 14.7 Å². The van der Waals surface area contributed by atoms with Crippen molar-refractivity contribution in [2.75, 3.05) is 25.4 Å². The summed E-state index contributed by atoms with van der Waals surface area (Å²) in [5, 5.41) is 13.3. The number of likely N-dealkylation sites (tertiary alicyclic amines) is 1. The van der Waals surface area contributed by atoms with E-state index in [1.54, 1.807) is 6.20 Å². The molecule has 150 valence electrons. The molecule has 1 aliphatic heterocycles. The minimum Gasteiger partial charge on any atom is -0.491 e. The zero-order valence-corrected chi connectivity index (χ0v) is 17.0. The quantitative estimate of drug-likeness (QED) is 0.599. The van der Waals surface area contributed by atoms with Crippen LogP contribution in [0, 0.1) is 0 Å². The highest BCUT2D eigenvalue weighted by Gasteiger charge is 2.19. The molecule has 1 atom stereocenters. The molecule has 0 saturated carbocycles. The summed E-state index contributed by atoms with van der Waals surface area (Å²) in [7, 11) is 0. The normalized spacial score (nSPS) is 14.9. The largest absolute Gasteiger partial charge is 0.491 e. The van der Waals surface area contributed by atoms with Gasteiger partial charge in [0.25, 0.3) is 5.91 Å². The fraction of sp³-hybridized carbons (Fsp3) is 0.304. The Balaban J connectivity index is 1.25. The van der Waals surface area contributed by atoms with Gasteiger partial charge in [-0.2, -0.15) is 0 Å². The first-order valence-electron chi connectivity index (χ1n) is 9.87. The molecule has 5 nitrogen and oxygen atoms in total. The van der Waals surface area contributed by atoms with E-state index in [9.17, 15) is 9.90 Å². The van der Waals surface area contributed by atoms with Crippen LogP contribution in [-0.2, 0) is 0 Å². The maximum absolute atomic E-state index is 12.3. The molecule has 1 unspecified atom stereocenters. The van der Waals surface area contributed by atoms with Crippen LogP contribution >= 0.6 is 11.8 Å². The number of benzene rings is 2. The van der Waals surface area contributed by atoms with Crippen molar-refractivity contribution in [1.82, 2.24) is 9.88 Å². The fourth-order valence-electron chi connectivity index (χ4n) is 3.37. The lowest BCUT2D eigenvalue weighted by Gasteiger charge is -2.15. The van der Waals surface area contributed by atoms with Crippen molar-refractivity contribution < 1.29 is 14.6 Å². The SMILES string of the molecule is O=C(c1ccc(SCC(O)COc2ccc3ccccc3c2)nc1)N1CCCC1. The lowest BCUT2D eigenvalue weighted by atomic mass is 10.1. The summed E-state index contributed by atoms with van der Waals surface area (Å²) in [6, 6.07) is 17.7. The van der Waals surface area contributed by atoms with Crippen LogP contribution in [0.25, 0.3) is 10.8 Å². The zero-order chi connectivity index (χ0) is 20.1. The Morgan fingerprint density at radius 2 is 1.90 bits per heavy atom. The second-order valence-corrected chi connectivity index (χ2v) is 8.21. The molecule has 4 rings (SSSR count). The smallest absolute Gasteiger partial charge is 0.255 e. The molecule has 1 N–H and O–H groups in total. The minimum atomic E-state index is -0.612. The van der Waals surface area contributed by atoms with Crippen LogP contribution < -0.4 is 4.74 Å². The first-order valence-corrected chi connectivity index (χ1v) is 10.9. The van der Waals surface area contributed by atoms with Crippen molar-refractivity contribution in [3.63, 3.8) is 0 Å². The highest BCUT2D eigenvalue weighted by molar-refractivity contribution is 7.99. The van der Waals surface area contributed by atoms with E-state index in [-0.39, 0.29) is 12.5 Å². The number of amides is 1. The van der Waals surface area contributed by atoms with E-state index in [0.29, 0.717) is 11.3 Å². The predicted molar refractivity (Wildman–Crippen MR) is 116 cm³/mol. The van der Waals surface area contributed by atoms with E-state index < -0.39 is 6.10 Å². The number of carbonyl (C=O) groups excluding carboxylic acids is 1. The van der Waals surface area contributed by atoms with Crippen LogP contribution in [0.5, 0.6) is 5.75 Å². The second kappa shape index (κ2) is 9.29. The summed E-state index contributed by atoms with van der Waals surface area (Å²) in [6.45, 7) is 1.88. The third-order valence-electron chi connectivity index (χ3n) is 4.96. The molecule has 1 amide bonds. The summed E-state index contributed by atoms with van der Waals surface area (Å²) in [4.78, 5) is 18.6. The molecule has 0 bridgehead atoms. The topological polar surface area (TPSA) is 62.7 Å². The fourth-order valence-corrected chi connectivity index (χ4v) is 4.13. The summed E-state index contributed by atoms with van der Waals surface area (Å²) in [5.41, 5.74) is 0.622. The van der Waals surface area contributed by atoms with Crippen molar-refractivity contribution in [3.8, 4) is 5.75 Å². The number of ether oxygens (including phenoxy) is 1. The van der Waals surface area contributed by atoms with Gasteiger partial charge in [-0.1, -0.05) is 30.3 Å². The van der Waals surface area contributed by atoms with Crippen molar-refractivity contribution >= 4 is 28.4 Å². The Bertz CT molecular complexity index is 971. The van der Waals surface area contributed by atoms with Crippen LogP contribution in [0.1, 0.15) is 23.2 Å². The molecule has 1 saturated heterocycles. The molecular weight excluding hydrogens is 384 g/mol. The molecule has 1 aliphatic rings. The van der Waals surface area contributed by atoms with Crippen LogP contribution in [-0.4, -0.2) is 52.5 Å². The Morgan fingerprint density at radius 1 is 1.10 bits per heavy atom. The first kappa shape index (κ1) is 19.7. The van der Waals surface area contributed by atoms with Crippen molar-refractivity contribution in [3.05, 3.63) is 66.4 Å². The van der Waals surface area contributed by atoms with Crippen LogP contribution in [0.3, 0.4) is 0 Å². The van der Waals surface area contributed by atoms with Gasteiger partial charge in [0.15, 0.2) is 0 Å². The maximum Gasteiger partial charge on any atom is 0.255 e. The van der Waals surface area contributed by atoms with Gasteiger partial charge in [0.1, 0.15) is 12.4 Å². The third kappa shape index (κ3) is 5.08. The molecule has 1 aromatic heterocycles. The number of hydrogen-bond acceptors (Lipinski definition) is 5. The van der Waals surface area contributed by atoms with Gasteiger partial charge in [0.05, 0.1) is 16.7 Å². The summed E-state index contributed by atoms with van der Waals surface area (Å²) in [5.74, 6) is 1.27. The van der Waals surface area contributed by atoms with E-state index in [1.807, 2.05) is 53.4 Å². The number of nitrogens with zero attached hydrogens (tertiary/aromatic N) is 2. The average molecular weight is 409 g/mol. The molecular formula is C23H24N2O3S. The van der Waals surface area contributed by atoms with Crippen LogP contribution in [0.15, 0.2) is 65.8 Å². The highest BCUT2D eigenvalue weighted by atomic mass is 32.2. The highest BCUT2D eigenvalue weighted by Crippen LogP contribution is 2.22. The Hall–Kier alpha value is -2.57. The number of aliphatic hydroxyl groups is 1. The maximum atomic E-state index is 12.3. The number of fused-ring (bicyclic) bond motifs is 1. The van der Waals surface area contributed by atoms with Gasteiger partial charge in [0.2, 0.25) is 0 Å². The van der Waals surface area contributed by atoms with E-state index in [2.05, 4.69) is 11.1 Å². The molecule has 0 spiro atoms. The molecule has 0 aliphatic carbocycles. The van der Waals surface area contributed by atoms with Crippen LogP contribution in [0.2, 0.25) is 0 Å². The van der Waals surface area contributed by atoms with Gasteiger partial charge in [-0.05, 0) is 47.9 Å². The number of rotatable bonds is 7. The van der Waals surface area contributed by atoms with Crippen LogP contribution in [0.4, 0.5) is 0 Å². The number of thioether (sulfide) groups is 1. The van der Waals surface area contributed by atoms with E-state index in [1.165, 1.54) is 11.8 Å². The van der Waals surface area contributed by atoms with Gasteiger partial charge in [0, 0.05) is 25.0 Å². The van der Waals surface area contributed by atoms with Crippen molar-refractivity contribution in [2.45, 2.75) is 24.0 Å². The number of hydrogen-bond donors (Lipinski definition) is 1. The van der Waals surface area contributed by atoms with Crippen molar-refractivity contribution in [2.24, 2.45) is 0 Å². The van der Waals surface area contributed by atoms with Gasteiger partial charge >= 0.3 is 0 Å². The molecule has 0 radical (unpaired) electrons. The minimum absolute atomic E-state index is 0.0513. The second-order valence-electron chi connectivity index (χ2n) is 7.17. The van der Waals surface area contributed by atoms with Gasteiger partial charge in [-0.3, -0.25) is 4.79 Å². The lowest BCUT2D eigenvalue weighted by Crippen LogP contribution is -2.27. The third-order valence-corrected chi connectivity index (χ3v) is 6.05. The molecule has 2 heterocycles. The number of aromatic nitrogens is 1. The molecule has 2 aromatic carbocycles. The van der Waals surface area contributed by atoms with E-state index in [4.69, 9.17) is 4.74 Å².